The number of carboxylic acid groups (broad SMARTS) is 1. The number of aromatic carboxylic acids is 1. The maximum atomic E-state index is 12.5. The third-order valence-corrected chi connectivity index (χ3v) is 5.95. The quantitative estimate of drug-likeness (QED) is 0.487. The first-order valence-corrected chi connectivity index (χ1v) is 10.6. The molecule has 0 bridgehead atoms. The van der Waals surface area contributed by atoms with Gasteiger partial charge in [-0.25, -0.2) is 4.79 Å². The van der Waals surface area contributed by atoms with Crippen LogP contribution in [-0.4, -0.2) is 28.7 Å². The van der Waals surface area contributed by atoms with Gasteiger partial charge < -0.3 is 15.2 Å². The average molecular weight is 457 g/mol. The number of rotatable bonds is 8. The fraction of sp³-hybridized carbons (Fsp3) is 0.182. The molecule has 1 aromatic heterocycles. The highest BCUT2D eigenvalue weighted by atomic mass is 32.1. The Bertz CT molecular complexity index is 1170. The van der Waals surface area contributed by atoms with Gasteiger partial charge in [0, 0.05) is 29.6 Å². The van der Waals surface area contributed by atoms with Crippen LogP contribution >= 0.6 is 23.6 Å². The predicted molar refractivity (Wildman–Crippen MR) is 123 cm³/mol. The number of hydrogen-bond acceptors (Lipinski definition) is 6. The first kappa shape index (κ1) is 22.4. The van der Waals surface area contributed by atoms with Crippen molar-refractivity contribution in [3.8, 4) is 16.2 Å². The van der Waals surface area contributed by atoms with Crippen LogP contribution in [0.25, 0.3) is 10.4 Å². The van der Waals surface area contributed by atoms with E-state index in [9.17, 15) is 14.4 Å². The summed E-state index contributed by atoms with van der Waals surface area (Å²) in [6.45, 7) is 0.336. The van der Waals surface area contributed by atoms with E-state index in [-0.39, 0.29) is 23.5 Å². The number of carbonyl (C=O) groups is 2. The number of carbonyl (C=O) groups excluding carboxylic acids is 1. The molecule has 7 nitrogen and oxygen atoms in total. The number of benzene rings is 2. The number of methoxy groups -OCH3 is 1. The van der Waals surface area contributed by atoms with Crippen molar-refractivity contribution < 1.29 is 19.4 Å². The molecule has 0 aliphatic carbocycles. The third kappa shape index (κ3) is 5.87. The molecule has 3 rings (SSSR count). The number of aromatic nitrogens is 1. The summed E-state index contributed by atoms with van der Waals surface area (Å²) in [4.78, 5) is 36.3. The highest BCUT2D eigenvalue weighted by Crippen LogP contribution is 2.25. The molecule has 2 N–H and O–H groups in total. The fourth-order valence-electron chi connectivity index (χ4n) is 2.88. The number of ether oxygens (including phenoxy) is 1. The Kier molecular flexibility index (Phi) is 7.32. The smallest absolute Gasteiger partial charge is 0.335 e. The molecule has 0 saturated heterocycles. The minimum absolute atomic E-state index is 0.148. The van der Waals surface area contributed by atoms with Crippen LogP contribution in [0.5, 0.6) is 5.75 Å². The van der Waals surface area contributed by atoms with Gasteiger partial charge in [-0.05, 0) is 72.7 Å². The Balaban J connectivity index is 1.59. The van der Waals surface area contributed by atoms with Gasteiger partial charge in [0.2, 0.25) is 5.91 Å². The summed E-state index contributed by atoms with van der Waals surface area (Å²) < 4.78 is 7.08. The van der Waals surface area contributed by atoms with E-state index in [1.807, 2.05) is 24.3 Å². The monoisotopic (exact) mass is 456 g/mol. The maximum absolute atomic E-state index is 12.5. The molecule has 9 heteroatoms. The Morgan fingerprint density at radius 2 is 1.81 bits per heavy atom. The van der Waals surface area contributed by atoms with Crippen molar-refractivity contribution in [1.29, 1.82) is 0 Å². The van der Waals surface area contributed by atoms with Gasteiger partial charge in [0.15, 0.2) is 3.95 Å². The van der Waals surface area contributed by atoms with Gasteiger partial charge in [-0.3, -0.25) is 14.2 Å². The highest BCUT2D eigenvalue weighted by Gasteiger charge is 2.08. The van der Waals surface area contributed by atoms with E-state index in [0.29, 0.717) is 22.6 Å². The summed E-state index contributed by atoms with van der Waals surface area (Å²) in [5.41, 5.74) is 1.34. The summed E-state index contributed by atoms with van der Waals surface area (Å²) >= 11 is 6.74. The Hall–Kier alpha value is -3.30. The summed E-state index contributed by atoms with van der Waals surface area (Å²) in [5, 5.41) is 11.6. The molecule has 3 aromatic rings. The van der Waals surface area contributed by atoms with Crippen LogP contribution in [0.1, 0.15) is 23.2 Å². The topological polar surface area (TPSA) is 97.6 Å². The highest BCUT2D eigenvalue weighted by molar-refractivity contribution is 7.73. The normalized spacial score (nSPS) is 10.5. The Morgan fingerprint density at radius 3 is 2.39 bits per heavy atom. The minimum atomic E-state index is -1.03. The standard InChI is InChI=1S/C22H20N2O5S2/c1-29-17-10-6-14(7-11-17)18-13-20(26)24(22(30)31-18)12-2-3-19(25)23-16-8-4-15(5-9-16)21(27)28/h4-11,13H,2-3,12H2,1H3,(H,23,25)(H,27,28). The van der Waals surface area contributed by atoms with E-state index >= 15 is 0 Å². The van der Waals surface area contributed by atoms with Crippen LogP contribution in [0.3, 0.4) is 0 Å². The molecule has 31 heavy (non-hydrogen) atoms. The number of amides is 1. The zero-order valence-corrected chi connectivity index (χ0v) is 18.3. The minimum Gasteiger partial charge on any atom is -0.497 e. The maximum Gasteiger partial charge on any atom is 0.335 e. The lowest BCUT2D eigenvalue weighted by molar-refractivity contribution is -0.116. The lowest BCUT2D eigenvalue weighted by Crippen LogP contribution is -2.20. The molecule has 1 heterocycles. The van der Waals surface area contributed by atoms with E-state index in [0.717, 1.165) is 16.2 Å². The molecule has 160 valence electrons. The Labute approximate surface area is 187 Å². The molecule has 2 aromatic carbocycles. The van der Waals surface area contributed by atoms with Crippen LogP contribution < -0.4 is 15.6 Å². The van der Waals surface area contributed by atoms with E-state index in [4.69, 9.17) is 22.1 Å². The second-order valence-corrected chi connectivity index (χ2v) is 8.30. The zero-order chi connectivity index (χ0) is 22.4. The zero-order valence-electron chi connectivity index (χ0n) is 16.7. The number of hydrogen-bond donors (Lipinski definition) is 2. The summed E-state index contributed by atoms with van der Waals surface area (Å²) in [6, 6.07) is 14.9. The Morgan fingerprint density at radius 1 is 1.13 bits per heavy atom. The van der Waals surface area contributed by atoms with Gasteiger partial charge in [0.1, 0.15) is 5.75 Å². The summed E-state index contributed by atoms with van der Waals surface area (Å²) in [5.74, 6) is -0.514. The second-order valence-electron chi connectivity index (χ2n) is 6.63. The molecule has 0 spiro atoms. The van der Waals surface area contributed by atoms with E-state index in [1.54, 1.807) is 13.2 Å². The molecule has 0 atom stereocenters. The molecule has 0 unspecified atom stereocenters. The molecule has 0 saturated carbocycles. The van der Waals surface area contributed by atoms with E-state index in [2.05, 4.69) is 5.32 Å². The van der Waals surface area contributed by atoms with Gasteiger partial charge in [0.05, 0.1) is 12.7 Å². The van der Waals surface area contributed by atoms with Gasteiger partial charge >= 0.3 is 5.97 Å². The molecular weight excluding hydrogens is 436 g/mol. The summed E-state index contributed by atoms with van der Waals surface area (Å²) in [7, 11) is 1.59. The van der Waals surface area contributed by atoms with Crippen molar-refractivity contribution in [3.05, 3.63) is 74.5 Å². The van der Waals surface area contributed by atoms with E-state index in [1.165, 1.54) is 40.2 Å². The van der Waals surface area contributed by atoms with Gasteiger partial charge in [-0.15, -0.1) is 11.3 Å². The number of nitrogens with zero attached hydrogens (tertiary/aromatic N) is 1. The van der Waals surface area contributed by atoms with E-state index < -0.39 is 5.97 Å². The number of nitrogens with one attached hydrogen (secondary N) is 1. The van der Waals surface area contributed by atoms with Gasteiger partial charge in [-0.1, -0.05) is 0 Å². The van der Waals surface area contributed by atoms with Crippen molar-refractivity contribution in [1.82, 2.24) is 4.57 Å². The van der Waals surface area contributed by atoms with Crippen molar-refractivity contribution in [2.75, 3.05) is 12.4 Å². The molecule has 0 aliphatic rings. The number of anilines is 1. The average Bonchev–Trinajstić information content (AvgIpc) is 2.76. The predicted octanol–water partition coefficient (Wildman–Crippen LogP) is 4.43. The van der Waals surface area contributed by atoms with Crippen LogP contribution in [0.15, 0.2) is 59.4 Å². The molecule has 0 aliphatic heterocycles. The molecule has 1 amide bonds. The van der Waals surface area contributed by atoms with Crippen LogP contribution in [-0.2, 0) is 11.3 Å². The number of carboxylic acids is 1. The molecule has 0 fully saturated rings. The van der Waals surface area contributed by atoms with Gasteiger partial charge in [-0.2, -0.15) is 0 Å². The third-order valence-electron chi connectivity index (χ3n) is 4.51. The van der Waals surface area contributed by atoms with Crippen LogP contribution in [0, 0.1) is 3.95 Å². The van der Waals surface area contributed by atoms with Crippen molar-refractivity contribution >= 4 is 41.1 Å². The fourth-order valence-corrected chi connectivity index (χ4v) is 4.22. The van der Waals surface area contributed by atoms with Crippen molar-refractivity contribution in [2.45, 2.75) is 19.4 Å². The largest absolute Gasteiger partial charge is 0.497 e. The first-order valence-electron chi connectivity index (χ1n) is 9.40. The van der Waals surface area contributed by atoms with Crippen LogP contribution in [0.4, 0.5) is 5.69 Å². The lowest BCUT2D eigenvalue weighted by Gasteiger charge is -2.09. The second kappa shape index (κ2) is 10.1. The van der Waals surface area contributed by atoms with Crippen molar-refractivity contribution in [3.63, 3.8) is 0 Å². The lowest BCUT2D eigenvalue weighted by atomic mass is 10.2. The summed E-state index contributed by atoms with van der Waals surface area (Å²) in [6.07, 6.45) is 0.643. The first-order chi connectivity index (χ1) is 14.9. The van der Waals surface area contributed by atoms with Crippen LogP contribution in [0.2, 0.25) is 0 Å². The molecular formula is C22H20N2O5S2. The SMILES string of the molecule is COc1ccc(-c2cc(=O)n(CCCC(=O)Nc3ccc(C(=O)O)cc3)c(=S)s2)cc1. The van der Waals surface area contributed by atoms with Gasteiger partial charge in [0.25, 0.3) is 5.56 Å². The molecule has 0 radical (unpaired) electrons. The van der Waals surface area contributed by atoms with Crippen molar-refractivity contribution in [2.24, 2.45) is 0 Å².